The van der Waals surface area contributed by atoms with Crippen molar-refractivity contribution in [1.29, 1.82) is 0 Å². The predicted molar refractivity (Wildman–Crippen MR) is 388 cm³/mol. The number of benzene rings is 6. The topological polar surface area (TPSA) is 88.5 Å². The van der Waals surface area contributed by atoms with Gasteiger partial charge in [-0.2, -0.15) is 0 Å². The Morgan fingerprint density at radius 3 is 0.598 bits per heavy atom. The van der Waals surface area contributed by atoms with Gasteiger partial charge < -0.3 is 0 Å². The SMILES string of the molecule is COc1cccc(OC)c1-c1c2nc(c(-c3c(C)cc(C)cc3C)c3ccc([se]3)c(-c3c(C)cc(C)cc3C)c3nc(c(-c4c(OC)cccc4OC)c4nc(c(-c5c(C)cc(C)cc5C)c5ccc([se]5)c(-c5c(C)cc(C)cc5C)c5nc1C=C5)C=C4)C=C3)C=C2. The fraction of sp³-hybridized carbons (Fsp3) is 0.195. The number of hydrogen-bond acceptors (Lipinski definition) is 8. The molecule has 8 nitrogen and oxygen atoms in total. The molecule has 4 aliphatic rings. The van der Waals surface area contributed by atoms with Gasteiger partial charge in [0.25, 0.3) is 0 Å². The molecule has 9 aromatic rings. The average Bonchev–Trinajstić information content (AvgIpc) is 1.63. The van der Waals surface area contributed by atoms with E-state index in [2.05, 4.69) is 204 Å². The summed E-state index contributed by atoms with van der Waals surface area (Å²) >= 11 is -0.487. The molecule has 0 saturated carbocycles. The van der Waals surface area contributed by atoms with Crippen molar-refractivity contribution in [1.82, 2.24) is 19.9 Å². The van der Waals surface area contributed by atoms with E-state index in [4.69, 9.17) is 38.9 Å². The predicted octanol–water partition coefficient (Wildman–Crippen LogP) is 19.9. The van der Waals surface area contributed by atoms with Crippen LogP contribution in [0.2, 0.25) is 0 Å². The van der Waals surface area contributed by atoms with Crippen LogP contribution in [0.25, 0.3) is 132 Å². The maximum atomic E-state index is 6.29. The second kappa shape index (κ2) is 24.8. The minimum absolute atomic E-state index is 0.244. The monoisotopic (exact) mass is 1340 g/mol. The van der Waals surface area contributed by atoms with Crippen LogP contribution in [0.15, 0.2) is 109 Å². The molecule has 92 heavy (non-hydrogen) atoms. The van der Waals surface area contributed by atoms with Gasteiger partial charge in [0, 0.05) is 0 Å². The number of methoxy groups -OCH3 is 4. The molecule has 0 atom stereocenters. The number of nitrogens with zero attached hydrogens (tertiary/aromatic N) is 4. The number of aryl methyl sites for hydroxylation is 12. The molecule has 13 rings (SSSR count). The third-order valence-electron chi connectivity index (χ3n) is 17.9. The van der Waals surface area contributed by atoms with E-state index >= 15 is 0 Å². The number of aromatic nitrogens is 4. The summed E-state index contributed by atoms with van der Waals surface area (Å²) in [6, 6.07) is 39.7. The van der Waals surface area contributed by atoms with Crippen molar-refractivity contribution in [3.63, 3.8) is 0 Å². The Morgan fingerprint density at radius 1 is 0.228 bits per heavy atom. The van der Waals surface area contributed by atoms with Crippen LogP contribution >= 0.6 is 0 Å². The van der Waals surface area contributed by atoms with Crippen molar-refractivity contribution >= 4 is 94.7 Å². The molecule has 4 aliphatic heterocycles. The van der Waals surface area contributed by atoms with E-state index in [1.165, 1.54) is 106 Å². The fourth-order valence-corrected chi connectivity index (χ4v) is 19.3. The first-order chi connectivity index (χ1) is 44.4. The van der Waals surface area contributed by atoms with E-state index in [-0.39, 0.29) is 29.0 Å². The third kappa shape index (κ3) is 11.0. The Labute approximate surface area is 552 Å². The van der Waals surface area contributed by atoms with Gasteiger partial charge in [-0.25, -0.2) is 0 Å². The Kier molecular flexibility index (Phi) is 16.6. The number of hydrogen-bond donors (Lipinski definition) is 0. The normalized spacial score (nSPS) is 12.2. The van der Waals surface area contributed by atoms with Crippen molar-refractivity contribution in [3.8, 4) is 89.8 Å². The molecule has 12 bridgehead atoms. The third-order valence-corrected chi connectivity index (χ3v) is 22.6. The van der Waals surface area contributed by atoms with E-state index in [0.29, 0.717) is 23.0 Å². The number of fused-ring (bicyclic) bond motifs is 12. The van der Waals surface area contributed by atoms with Gasteiger partial charge in [-0.1, -0.05) is 0 Å². The zero-order valence-corrected chi connectivity index (χ0v) is 58.7. The van der Waals surface area contributed by atoms with E-state index < -0.39 is 0 Å². The summed E-state index contributed by atoms with van der Waals surface area (Å²) in [4.78, 5) is 23.3. The molecule has 0 aliphatic carbocycles. The van der Waals surface area contributed by atoms with Crippen LogP contribution < -0.4 is 18.9 Å². The van der Waals surface area contributed by atoms with Gasteiger partial charge in [-0.15, -0.1) is 0 Å². The molecule has 10 heteroatoms. The van der Waals surface area contributed by atoms with Gasteiger partial charge in [-0.3, -0.25) is 0 Å². The van der Waals surface area contributed by atoms with Crippen LogP contribution in [0, 0.1) is 83.1 Å². The van der Waals surface area contributed by atoms with E-state index in [0.717, 1.165) is 90.1 Å². The van der Waals surface area contributed by atoms with E-state index in [1.54, 1.807) is 28.4 Å². The first-order valence-corrected chi connectivity index (χ1v) is 34.6. The zero-order chi connectivity index (χ0) is 64.5. The molecule has 0 fully saturated rings. The molecule has 0 amide bonds. The Balaban J connectivity index is 1.29. The fourth-order valence-electron chi connectivity index (χ4n) is 14.6. The van der Waals surface area contributed by atoms with Gasteiger partial charge in [-0.05, 0) is 0 Å². The number of ether oxygens (including phenoxy) is 4. The van der Waals surface area contributed by atoms with Gasteiger partial charge in [0.2, 0.25) is 0 Å². The summed E-state index contributed by atoms with van der Waals surface area (Å²) in [5, 5.41) is 0. The second-order valence-corrected chi connectivity index (χ2v) is 29.2. The van der Waals surface area contributed by atoms with Crippen molar-refractivity contribution in [2.45, 2.75) is 83.1 Å². The van der Waals surface area contributed by atoms with Crippen molar-refractivity contribution in [2.75, 3.05) is 28.4 Å². The summed E-state index contributed by atoms with van der Waals surface area (Å²) < 4.78 is 30.0. The molecule has 0 radical (unpaired) electrons. The average molecular weight is 1340 g/mol. The summed E-state index contributed by atoms with van der Waals surface area (Å²) in [6.45, 7) is 26.6. The molecular weight excluding hydrogens is 1260 g/mol. The molecule has 0 saturated heterocycles. The van der Waals surface area contributed by atoms with Crippen LogP contribution in [0.4, 0.5) is 0 Å². The molecule has 3 aromatic heterocycles. The maximum absolute atomic E-state index is 6.29. The summed E-state index contributed by atoms with van der Waals surface area (Å²) in [5.41, 5.74) is 33.2. The first-order valence-electron chi connectivity index (χ1n) is 31.1. The van der Waals surface area contributed by atoms with Crippen molar-refractivity contribution in [3.05, 3.63) is 222 Å². The minimum atomic E-state index is -0.244. The first kappa shape index (κ1) is 61.7. The van der Waals surface area contributed by atoms with E-state index in [9.17, 15) is 0 Å². The molecule has 6 aromatic carbocycles. The molecule has 0 N–H and O–H groups in total. The van der Waals surface area contributed by atoms with Gasteiger partial charge in [0.1, 0.15) is 0 Å². The standard InChI is InChI=1S/C82H74N4O4Se2/c1-43-35-47(5)71(48(6)36-43)77-59-27-23-55(83-59)75(81-63(87-13)19-17-20-64(81)88-14)56-24-29-61(84-56)79(73-51(9)39-45(3)40-52(73)10)69-33-34-70(92-69)80(74-53(11)41-46(4)42-54(74)12)62-30-26-58(86-62)76(82-65(89-15)21-18-22-66(82)90-16)57-25-28-60(85-57)78(68-32-31-67(77)91-68)72-49(7)37-44(2)38-50(72)8/h17-42H,1-16H3. The molecule has 7 heterocycles. The van der Waals surface area contributed by atoms with Crippen LogP contribution in [-0.2, 0) is 0 Å². The molecule has 0 spiro atoms. The van der Waals surface area contributed by atoms with Crippen LogP contribution in [-0.4, -0.2) is 77.4 Å². The Hall–Kier alpha value is -9.14. The van der Waals surface area contributed by atoms with Crippen molar-refractivity contribution in [2.24, 2.45) is 0 Å². The second-order valence-electron chi connectivity index (χ2n) is 24.6. The van der Waals surface area contributed by atoms with Gasteiger partial charge in [0.15, 0.2) is 0 Å². The molecular formula is C82H74N4O4Se2. The quantitative estimate of drug-likeness (QED) is 0.125. The molecule has 0 unspecified atom stereocenters. The van der Waals surface area contributed by atoms with Gasteiger partial charge >= 0.3 is 556 Å². The Bertz CT molecular complexity index is 4420. The van der Waals surface area contributed by atoms with Crippen LogP contribution in [0.5, 0.6) is 23.0 Å². The van der Waals surface area contributed by atoms with Crippen LogP contribution in [0.1, 0.15) is 112 Å². The zero-order valence-electron chi connectivity index (χ0n) is 55.2. The number of rotatable bonds is 10. The Morgan fingerprint density at radius 2 is 0.413 bits per heavy atom. The molecule has 458 valence electrons. The summed E-state index contributed by atoms with van der Waals surface area (Å²) in [7, 11) is 6.88. The summed E-state index contributed by atoms with van der Waals surface area (Å²) in [5.74, 6) is 2.64. The summed E-state index contributed by atoms with van der Waals surface area (Å²) in [6.07, 6.45) is 17.4. The van der Waals surface area contributed by atoms with Gasteiger partial charge in [0.05, 0.1) is 0 Å². The van der Waals surface area contributed by atoms with E-state index in [1.807, 2.05) is 36.4 Å². The van der Waals surface area contributed by atoms with Crippen LogP contribution in [0.3, 0.4) is 0 Å². The van der Waals surface area contributed by atoms with Crippen molar-refractivity contribution < 1.29 is 18.9 Å².